The first kappa shape index (κ1) is 15.7. The molecule has 0 aliphatic rings. The third-order valence-electron chi connectivity index (χ3n) is 3.43. The number of hydrogen-bond donors (Lipinski definition) is 1. The van der Waals surface area contributed by atoms with Gasteiger partial charge in [-0.1, -0.05) is 6.07 Å². The molecule has 22 heavy (non-hydrogen) atoms. The number of aromatic carboxylic acids is 1. The predicted octanol–water partition coefficient (Wildman–Crippen LogP) is 3.39. The van der Waals surface area contributed by atoms with Crippen molar-refractivity contribution in [2.45, 2.75) is 6.92 Å². The van der Waals surface area contributed by atoms with Crippen LogP contribution in [0.3, 0.4) is 0 Å². The Hall–Kier alpha value is -2.69. The van der Waals surface area contributed by atoms with Crippen molar-refractivity contribution < 1.29 is 24.1 Å². The third-order valence-corrected chi connectivity index (χ3v) is 3.43. The SMILES string of the molecule is COc1ccc(-c2cc(C)c(OC)c(C(=O)O)c2)cc1OC. The average molecular weight is 302 g/mol. The van der Waals surface area contributed by atoms with E-state index >= 15 is 0 Å². The van der Waals surface area contributed by atoms with Gasteiger partial charge in [-0.3, -0.25) is 0 Å². The summed E-state index contributed by atoms with van der Waals surface area (Å²) in [5, 5.41) is 9.35. The Morgan fingerprint density at radius 1 is 0.909 bits per heavy atom. The summed E-state index contributed by atoms with van der Waals surface area (Å²) < 4.78 is 15.7. The van der Waals surface area contributed by atoms with E-state index < -0.39 is 5.97 Å². The molecule has 2 rings (SSSR count). The van der Waals surface area contributed by atoms with Gasteiger partial charge in [0.1, 0.15) is 11.3 Å². The lowest BCUT2D eigenvalue weighted by atomic mass is 9.98. The van der Waals surface area contributed by atoms with Crippen LogP contribution in [0.5, 0.6) is 17.2 Å². The summed E-state index contributed by atoms with van der Waals surface area (Å²) in [6.07, 6.45) is 0. The normalized spacial score (nSPS) is 10.2. The van der Waals surface area contributed by atoms with Crippen LogP contribution in [0.1, 0.15) is 15.9 Å². The molecule has 1 N–H and O–H groups in total. The molecule has 5 heteroatoms. The second-order valence-electron chi connectivity index (χ2n) is 4.75. The molecule has 0 aromatic heterocycles. The Labute approximate surface area is 129 Å². The lowest BCUT2D eigenvalue weighted by molar-refractivity contribution is 0.0693. The predicted molar refractivity (Wildman–Crippen MR) is 83.2 cm³/mol. The monoisotopic (exact) mass is 302 g/mol. The van der Waals surface area contributed by atoms with E-state index in [4.69, 9.17) is 14.2 Å². The van der Waals surface area contributed by atoms with Gasteiger partial charge in [0, 0.05) is 0 Å². The van der Waals surface area contributed by atoms with Gasteiger partial charge in [0.25, 0.3) is 0 Å². The Morgan fingerprint density at radius 3 is 2.14 bits per heavy atom. The van der Waals surface area contributed by atoms with Crippen molar-refractivity contribution in [1.29, 1.82) is 0 Å². The number of ether oxygens (including phenoxy) is 3. The van der Waals surface area contributed by atoms with Crippen LogP contribution in [0.25, 0.3) is 11.1 Å². The van der Waals surface area contributed by atoms with Gasteiger partial charge in [0.05, 0.1) is 21.3 Å². The number of carboxylic acid groups (broad SMARTS) is 1. The number of benzene rings is 2. The number of methoxy groups -OCH3 is 3. The van der Waals surface area contributed by atoms with Crippen LogP contribution in [0, 0.1) is 6.92 Å². The van der Waals surface area contributed by atoms with Gasteiger partial charge in [0.15, 0.2) is 11.5 Å². The molecule has 0 radical (unpaired) electrons. The van der Waals surface area contributed by atoms with Gasteiger partial charge in [-0.15, -0.1) is 0 Å². The van der Waals surface area contributed by atoms with E-state index in [9.17, 15) is 9.90 Å². The van der Waals surface area contributed by atoms with Crippen LogP contribution >= 0.6 is 0 Å². The topological polar surface area (TPSA) is 65.0 Å². The number of carbonyl (C=O) groups is 1. The molecule has 0 saturated carbocycles. The lowest BCUT2D eigenvalue weighted by Crippen LogP contribution is -2.03. The highest BCUT2D eigenvalue weighted by Crippen LogP contribution is 2.35. The Kier molecular flexibility index (Phi) is 4.56. The molecule has 0 aliphatic carbocycles. The summed E-state index contributed by atoms with van der Waals surface area (Å²) in [6, 6.07) is 8.93. The summed E-state index contributed by atoms with van der Waals surface area (Å²) in [6.45, 7) is 1.82. The summed E-state index contributed by atoms with van der Waals surface area (Å²) >= 11 is 0. The highest BCUT2D eigenvalue weighted by Gasteiger charge is 2.16. The fraction of sp³-hybridized carbons (Fsp3) is 0.235. The van der Waals surface area contributed by atoms with Gasteiger partial charge in [-0.05, 0) is 47.9 Å². The number of hydrogen-bond acceptors (Lipinski definition) is 4. The summed E-state index contributed by atoms with van der Waals surface area (Å²) in [4.78, 5) is 11.4. The van der Waals surface area contributed by atoms with E-state index in [2.05, 4.69) is 0 Å². The van der Waals surface area contributed by atoms with Crippen LogP contribution < -0.4 is 14.2 Å². The van der Waals surface area contributed by atoms with Crippen LogP contribution in [0.15, 0.2) is 30.3 Å². The molecule has 0 amide bonds. The highest BCUT2D eigenvalue weighted by molar-refractivity contribution is 5.93. The molecule has 0 saturated heterocycles. The standard InChI is InChI=1S/C17H18O5/c1-10-7-12(8-13(17(18)19)16(10)22-4)11-5-6-14(20-2)15(9-11)21-3/h5-9H,1-4H3,(H,18,19). The molecule has 116 valence electrons. The van der Waals surface area contributed by atoms with E-state index in [-0.39, 0.29) is 5.56 Å². The van der Waals surface area contributed by atoms with Crippen molar-refractivity contribution in [3.05, 3.63) is 41.5 Å². The maximum atomic E-state index is 11.4. The van der Waals surface area contributed by atoms with Crippen molar-refractivity contribution >= 4 is 5.97 Å². The van der Waals surface area contributed by atoms with Gasteiger partial charge >= 0.3 is 5.97 Å². The van der Waals surface area contributed by atoms with Crippen LogP contribution in [-0.2, 0) is 0 Å². The van der Waals surface area contributed by atoms with Crippen molar-refractivity contribution in [2.24, 2.45) is 0 Å². The minimum absolute atomic E-state index is 0.132. The second-order valence-corrected chi connectivity index (χ2v) is 4.75. The Morgan fingerprint density at radius 2 is 1.59 bits per heavy atom. The minimum Gasteiger partial charge on any atom is -0.496 e. The van der Waals surface area contributed by atoms with E-state index in [0.717, 1.165) is 16.7 Å². The van der Waals surface area contributed by atoms with Gasteiger partial charge in [-0.2, -0.15) is 0 Å². The first-order valence-electron chi connectivity index (χ1n) is 6.66. The fourth-order valence-electron chi connectivity index (χ4n) is 2.39. The fourth-order valence-corrected chi connectivity index (χ4v) is 2.39. The van der Waals surface area contributed by atoms with Crippen molar-refractivity contribution in [1.82, 2.24) is 0 Å². The highest BCUT2D eigenvalue weighted by atomic mass is 16.5. The minimum atomic E-state index is -1.03. The van der Waals surface area contributed by atoms with Crippen LogP contribution in [0.2, 0.25) is 0 Å². The molecule has 0 heterocycles. The summed E-state index contributed by atoms with van der Waals surface area (Å²) in [7, 11) is 4.59. The molecule has 2 aromatic rings. The smallest absolute Gasteiger partial charge is 0.339 e. The molecule has 0 aliphatic heterocycles. The molecule has 0 bridgehead atoms. The molecule has 0 fully saturated rings. The van der Waals surface area contributed by atoms with Crippen molar-refractivity contribution in [2.75, 3.05) is 21.3 Å². The van der Waals surface area contributed by atoms with Gasteiger partial charge in [-0.25, -0.2) is 4.79 Å². The molecular weight excluding hydrogens is 284 g/mol. The Bertz CT molecular complexity index is 706. The molecule has 0 spiro atoms. The van der Waals surface area contributed by atoms with E-state index in [0.29, 0.717) is 17.2 Å². The number of carboxylic acids is 1. The largest absolute Gasteiger partial charge is 0.496 e. The molecule has 2 aromatic carbocycles. The summed E-state index contributed by atoms with van der Waals surface area (Å²) in [5.41, 5.74) is 2.50. The van der Waals surface area contributed by atoms with Gasteiger partial charge in [0.2, 0.25) is 0 Å². The van der Waals surface area contributed by atoms with Gasteiger partial charge < -0.3 is 19.3 Å². The molecular formula is C17H18O5. The maximum absolute atomic E-state index is 11.4. The zero-order valence-electron chi connectivity index (χ0n) is 13.0. The average Bonchev–Trinajstić information content (AvgIpc) is 2.53. The van der Waals surface area contributed by atoms with Crippen molar-refractivity contribution in [3.63, 3.8) is 0 Å². The van der Waals surface area contributed by atoms with E-state index in [1.807, 2.05) is 25.1 Å². The first-order valence-corrected chi connectivity index (χ1v) is 6.66. The Balaban J connectivity index is 2.60. The number of rotatable bonds is 5. The molecule has 5 nitrogen and oxygen atoms in total. The molecule has 0 atom stereocenters. The lowest BCUT2D eigenvalue weighted by Gasteiger charge is -2.13. The maximum Gasteiger partial charge on any atom is 0.339 e. The van der Waals surface area contributed by atoms with Crippen molar-refractivity contribution in [3.8, 4) is 28.4 Å². The molecule has 0 unspecified atom stereocenters. The zero-order chi connectivity index (χ0) is 16.3. The van der Waals surface area contributed by atoms with E-state index in [1.54, 1.807) is 26.4 Å². The number of aryl methyl sites for hydroxylation is 1. The van der Waals surface area contributed by atoms with E-state index in [1.165, 1.54) is 7.11 Å². The second kappa shape index (κ2) is 6.39. The van der Waals surface area contributed by atoms with Crippen LogP contribution in [-0.4, -0.2) is 32.4 Å². The zero-order valence-corrected chi connectivity index (χ0v) is 13.0. The summed E-state index contributed by atoms with van der Waals surface area (Å²) in [5.74, 6) is 0.555. The third kappa shape index (κ3) is 2.83. The van der Waals surface area contributed by atoms with Crippen LogP contribution in [0.4, 0.5) is 0 Å². The quantitative estimate of drug-likeness (QED) is 0.917. The first-order chi connectivity index (χ1) is 10.5.